The van der Waals surface area contributed by atoms with E-state index in [0.717, 1.165) is 12.8 Å². The second-order valence-corrected chi connectivity index (χ2v) is 5.21. The summed E-state index contributed by atoms with van der Waals surface area (Å²) < 4.78 is 5.12. The third-order valence-corrected chi connectivity index (χ3v) is 3.63. The molecule has 1 aromatic carbocycles. The number of nitrogens with two attached hydrogens (primary N) is 1. The van der Waals surface area contributed by atoms with Gasteiger partial charge in [-0.15, -0.1) is 0 Å². The first-order valence-electron chi connectivity index (χ1n) is 6.50. The van der Waals surface area contributed by atoms with Crippen LogP contribution in [0.2, 0.25) is 0 Å². The fraction of sp³-hybridized carbons (Fsp3) is 0.500. The van der Waals surface area contributed by atoms with Crippen molar-refractivity contribution in [3.8, 4) is 5.75 Å². The van der Waals surface area contributed by atoms with Crippen molar-refractivity contribution in [1.82, 2.24) is 5.32 Å². The zero-order valence-corrected chi connectivity index (χ0v) is 11.4. The molecule has 5 nitrogen and oxygen atoms in total. The van der Waals surface area contributed by atoms with Crippen molar-refractivity contribution in [2.45, 2.75) is 25.3 Å². The molecule has 0 aliphatic heterocycles. The lowest BCUT2D eigenvalue weighted by Crippen LogP contribution is -2.54. The number of rotatable bonds is 5. The summed E-state index contributed by atoms with van der Waals surface area (Å²) in [6.07, 6.45) is 2.26. The molecular formula is C14H21N3O2. The van der Waals surface area contributed by atoms with Gasteiger partial charge in [-0.2, -0.15) is 0 Å². The van der Waals surface area contributed by atoms with Gasteiger partial charge >= 0.3 is 6.03 Å². The van der Waals surface area contributed by atoms with E-state index in [9.17, 15) is 4.79 Å². The van der Waals surface area contributed by atoms with E-state index >= 15 is 0 Å². The molecule has 1 aromatic rings. The van der Waals surface area contributed by atoms with Crippen LogP contribution in [0.3, 0.4) is 0 Å². The Balaban J connectivity index is 1.96. The monoisotopic (exact) mass is 263 g/mol. The van der Waals surface area contributed by atoms with Crippen LogP contribution in [0.1, 0.15) is 19.8 Å². The van der Waals surface area contributed by atoms with Gasteiger partial charge in [0.05, 0.1) is 12.6 Å². The highest BCUT2D eigenvalue weighted by atomic mass is 16.5. The molecule has 1 saturated carbocycles. The quantitative estimate of drug-likeness (QED) is 0.760. The maximum Gasteiger partial charge on any atom is 0.319 e. The molecule has 0 radical (unpaired) electrons. The second kappa shape index (κ2) is 5.48. The van der Waals surface area contributed by atoms with Crippen molar-refractivity contribution in [1.29, 1.82) is 0 Å². The number of urea groups is 1. The Labute approximate surface area is 113 Å². The average Bonchev–Trinajstić information content (AvgIpc) is 3.23. The van der Waals surface area contributed by atoms with Crippen molar-refractivity contribution >= 4 is 11.7 Å². The molecule has 4 N–H and O–H groups in total. The Morgan fingerprint density at radius 1 is 1.53 bits per heavy atom. The molecule has 5 heteroatoms. The molecule has 1 aliphatic rings. The first-order chi connectivity index (χ1) is 9.07. The molecular weight excluding hydrogens is 242 g/mol. The van der Waals surface area contributed by atoms with E-state index in [1.165, 1.54) is 0 Å². The normalized spacial score (nSPS) is 17.4. The predicted molar refractivity (Wildman–Crippen MR) is 75.3 cm³/mol. The molecule has 0 bridgehead atoms. The molecule has 2 amide bonds. The maximum atomic E-state index is 12.0. The zero-order valence-electron chi connectivity index (χ0n) is 11.4. The van der Waals surface area contributed by atoms with Gasteiger partial charge in [0.15, 0.2) is 0 Å². The standard InChI is InChI=1S/C14H21N3O2/c1-14(9-15,10-6-7-10)17-13(18)16-11-4-3-5-12(8-11)19-2/h3-5,8,10H,6-7,9,15H2,1-2H3,(H2,16,17,18). The average molecular weight is 263 g/mol. The molecule has 1 unspecified atom stereocenters. The lowest BCUT2D eigenvalue weighted by molar-refractivity contribution is 0.234. The van der Waals surface area contributed by atoms with Crippen molar-refractivity contribution in [2.75, 3.05) is 19.0 Å². The van der Waals surface area contributed by atoms with Gasteiger partial charge in [0.25, 0.3) is 0 Å². The number of benzene rings is 1. The molecule has 104 valence electrons. The van der Waals surface area contributed by atoms with Crippen LogP contribution in [0.25, 0.3) is 0 Å². The minimum Gasteiger partial charge on any atom is -0.497 e. The number of amides is 2. The first-order valence-corrected chi connectivity index (χ1v) is 6.50. The molecule has 1 atom stereocenters. The molecule has 0 spiro atoms. The van der Waals surface area contributed by atoms with Crippen LogP contribution in [-0.4, -0.2) is 25.2 Å². The van der Waals surface area contributed by atoms with Crippen LogP contribution in [0, 0.1) is 5.92 Å². The highest BCUT2D eigenvalue weighted by Gasteiger charge is 2.41. The van der Waals surface area contributed by atoms with Crippen LogP contribution >= 0.6 is 0 Å². The molecule has 0 aromatic heterocycles. The van der Waals surface area contributed by atoms with E-state index in [1.807, 2.05) is 25.1 Å². The smallest absolute Gasteiger partial charge is 0.319 e. The summed E-state index contributed by atoms with van der Waals surface area (Å²) in [5, 5.41) is 5.78. The van der Waals surface area contributed by atoms with Crippen LogP contribution in [-0.2, 0) is 0 Å². The minimum absolute atomic E-state index is 0.229. The van der Waals surface area contributed by atoms with Crippen molar-refractivity contribution in [3.63, 3.8) is 0 Å². The Kier molecular flexibility index (Phi) is 3.95. The van der Waals surface area contributed by atoms with Gasteiger partial charge in [0, 0.05) is 18.3 Å². The van der Waals surface area contributed by atoms with Crippen LogP contribution in [0.4, 0.5) is 10.5 Å². The topological polar surface area (TPSA) is 76.4 Å². The molecule has 19 heavy (non-hydrogen) atoms. The van der Waals surface area contributed by atoms with E-state index < -0.39 is 0 Å². The van der Waals surface area contributed by atoms with E-state index in [2.05, 4.69) is 10.6 Å². The fourth-order valence-electron chi connectivity index (χ4n) is 2.16. The highest BCUT2D eigenvalue weighted by molar-refractivity contribution is 5.90. The SMILES string of the molecule is COc1cccc(NC(=O)NC(C)(CN)C2CC2)c1. The van der Waals surface area contributed by atoms with Gasteiger partial charge in [0.1, 0.15) is 5.75 Å². The Hall–Kier alpha value is -1.75. The summed E-state index contributed by atoms with van der Waals surface area (Å²) >= 11 is 0. The number of hydrogen-bond acceptors (Lipinski definition) is 3. The van der Waals surface area contributed by atoms with Crippen molar-refractivity contribution in [3.05, 3.63) is 24.3 Å². The predicted octanol–water partition coefficient (Wildman–Crippen LogP) is 1.94. The van der Waals surface area contributed by atoms with E-state index in [1.54, 1.807) is 13.2 Å². The number of hydrogen-bond donors (Lipinski definition) is 3. The van der Waals surface area contributed by atoms with Gasteiger partial charge < -0.3 is 21.1 Å². The molecule has 2 rings (SSSR count). The lowest BCUT2D eigenvalue weighted by Gasteiger charge is -2.29. The molecule has 0 saturated heterocycles. The van der Waals surface area contributed by atoms with Crippen LogP contribution in [0.5, 0.6) is 5.75 Å². The third kappa shape index (κ3) is 3.38. The number of carbonyl (C=O) groups is 1. The van der Waals surface area contributed by atoms with Gasteiger partial charge in [-0.05, 0) is 37.8 Å². The Bertz CT molecular complexity index is 460. The largest absolute Gasteiger partial charge is 0.497 e. The van der Waals surface area contributed by atoms with E-state index in [0.29, 0.717) is 23.9 Å². The third-order valence-electron chi connectivity index (χ3n) is 3.63. The summed E-state index contributed by atoms with van der Waals surface area (Å²) in [6.45, 7) is 2.44. The first kappa shape index (κ1) is 13.7. The molecule has 1 aliphatic carbocycles. The second-order valence-electron chi connectivity index (χ2n) is 5.21. The molecule has 0 heterocycles. The maximum absolute atomic E-state index is 12.0. The molecule has 1 fully saturated rings. The number of nitrogens with one attached hydrogen (secondary N) is 2. The van der Waals surface area contributed by atoms with Crippen molar-refractivity contribution in [2.24, 2.45) is 11.7 Å². The number of anilines is 1. The lowest BCUT2D eigenvalue weighted by atomic mass is 9.96. The van der Waals surface area contributed by atoms with E-state index in [4.69, 9.17) is 10.5 Å². The summed E-state index contributed by atoms with van der Waals surface area (Å²) in [4.78, 5) is 12.0. The Morgan fingerprint density at radius 2 is 2.26 bits per heavy atom. The van der Waals surface area contributed by atoms with Gasteiger partial charge in [0.2, 0.25) is 0 Å². The van der Waals surface area contributed by atoms with Crippen LogP contribution < -0.4 is 21.1 Å². The number of carbonyl (C=O) groups excluding carboxylic acids is 1. The number of ether oxygens (including phenoxy) is 1. The summed E-state index contributed by atoms with van der Waals surface area (Å²) in [5.74, 6) is 1.20. The summed E-state index contributed by atoms with van der Waals surface area (Å²) in [5.41, 5.74) is 6.16. The van der Waals surface area contributed by atoms with Gasteiger partial charge in [-0.25, -0.2) is 4.79 Å². The summed E-state index contributed by atoms with van der Waals surface area (Å²) in [6, 6.07) is 7.03. The fourth-order valence-corrected chi connectivity index (χ4v) is 2.16. The van der Waals surface area contributed by atoms with Gasteiger partial charge in [-0.1, -0.05) is 6.07 Å². The summed E-state index contributed by atoms with van der Waals surface area (Å²) in [7, 11) is 1.60. The number of methoxy groups -OCH3 is 1. The van der Waals surface area contributed by atoms with Crippen LogP contribution in [0.15, 0.2) is 24.3 Å². The van der Waals surface area contributed by atoms with Crippen molar-refractivity contribution < 1.29 is 9.53 Å². The Morgan fingerprint density at radius 3 is 2.84 bits per heavy atom. The zero-order chi connectivity index (χ0) is 13.9. The van der Waals surface area contributed by atoms with E-state index in [-0.39, 0.29) is 11.6 Å². The highest BCUT2D eigenvalue weighted by Crippen LogP contribution is 2.38. The minimum atomic E-state index is -0.317. The van der Waals surface area contributed by atoms with Gasteiger partial charge in [-0.3, -0.25) is 0 Å².